The van der Waals surface area contributed by atoms with E-state index in [0.717, 1.165) is 12.8 Å². The van der Waals surface area contributed by atoms with E-state index in [9.17, 15) is 13.2 Å². The highest BCUT2D eigenvalue weighted by molar-refractivity contribution is 5.59. The molecule has 0 bridgehead atoms. The Bertz CT molecular complexity index is 621. The lowest BCUT2D eigenvalue weighted by molar-refractivity contribution is -0.153. The number of rotatable bonds is 6. The second-order valence-corrected chi connectivity index (χ2v) is 5.16. The Balaban J connectivity index is 1.80. The van der Waals surface area contributed by atoms with Crippen molar-refractivity contribution < 1.29 is 27.1 Å². The molecule has 0 atom stereocenters. The monoisotopic (exact) mass is 313 g/mol. The zero-order chi connectivity index (χ0) is 15.6. The molecular weight excluding hydrogens is 299 g/mol. The highest BCUT2D eigenvalue weighted by atomic mass is 19.4. The number of oxazole rings is 1. The zero-order valence-electron chi connectivity index (χ0n) is 11.6. The van der Waals surface area contributed by atoms with Gasteiger partial charge in [-0.2, -0.15) is 13.2 Å². The second-order valence-electron chi connectivity index (χ2n) is 5.16. The predicted octanol–water partition coefficient (Wildman–Crippen LogP) is 4.07. The average molecular weight is 313 g/mol. The lowest BCUT2D eigenvalue weighted by Crippen LogP contribution is -2.19. The summed E-state index contributed by atoms with van der Waals surface area (Å²) in [5.74, 6) is 1.18. The van der Waals surface area contributed by atoms with Crippen molar-refractivity contribution in [2.45, 2.75) is 19.0 Å². The molecule has 1 saturated carbocycles. The molecule has 3 rings (SSSR count). The van der Waals surface area contributed by atoms with Crippen molar-refractivity contribution in [3.8, 4) is 23.0 Å². The molecular formula is C15H14F3NO3. The fourth-order valence-electron chi connectivity index (χ4n) is 1.89. The van der Waals surface area contributed by atoms with Crippen LogP contribution in [0.2, 0.25) is 0 Å². The van der Waals surface area contributed by atoms with E-state index in [0.29, 0.717) is 24.0 Å². The van der Waals surface area contributed by atoms with Crippen LogP contribution >= 0.6 is 0 Å². The molecule has 0 unspecified atom stereocenters. The van der Waals surface area contributed by atoms with Gasteiger partial charge in [-0.15, -0.1) is 0 Å². The third-order valence-electron chi connectivity index (χ3n) is 3.19. The van der Waals surface area contributed by atoms with Crippen LogP contribution < -0.4 is 9.47 Å². The first-order valence-corrected chi connectivity index (χ1v) is 6.87. The summed E-state index contributed by atoms with van der Waals surface area (Å²) in [6, 6.07) is 4.61. The van der Waals surface area contributed by atoms with Gasteiger partial charge in [0.2, 0.25) is 5.89 Å². The molecule has 1 aliphatic carbocycles. The molecule has 0 spiro atoms. The third-order valence-corrected chi connectivity index (χ3v) is 3.19. The molecule has 0 radical (unpaired) electrons. The minimum atomic E-state index is -4.39. The van der Waals surface area contributed by atoms with Gasteiger partial charge in [-0.05, 0) is 37.0 Å². The molecule has 2 aromatic rings. The van der Waals surface area contributed by atoms with Crippen molar-refractivity contribution in [1.29, 1.82) is 0 Å². The second kappa shape index (κ2) is 5.90. The maximum absolute atomic E-state index is 12.3. The van der Waals surface area contributed by atoms with Gasteiger partial charge in [-0.3, -0.25) is 0 Å². The number of ether oxygens (including phenoxy) is 2. The Morgan fingerprint density at radius 3 is 2.64 bits per heavy atom. The number of hydrogen-bond acceptors (Lipinski definition) is 4. The fraction of sp³-hybridized carbons (Fsp3) is 0.400. The van der Waals surface area contributed by atoms with Gasteiger partial charge in [-0.25, -0.2) is 4.98 Å². The van der Waals surface area contributed by atoms with E-state index in [1.807, 2.05) is 0 Å². The Hall–Kier alpha value is -2.18. The molecule has 0 saturated heterocycles. The summed E-state index contributed by atoms with van der Waals surface area (Å²) in [4.78, 5) is 4.01. The van der Waals surface area contributed by atoms with E-state index in [-0.39, 0.29) is 11.5 Å². The van der Waals surface area contributed by atoms with Crippen LogP contribution in [0.4, 0.5) is 13.2 Å². The summed E-state index contributed by atoms with van der Waals surface area (Å²) in [7, 11) is 0. The van der Waals surface area contributed by atoms with Gasteiger partial charge in [0.05, 0.1) is 12.8 Å². The lowest BCUT2D eigenvalue weighted by atomic mass is 10.2. The predicted molar refractivity (Wildman–Crippen MR) is 71.7 cm³/mol. The van der Waals surface area contributed by atoms with Crippen molar-refractivity contribution in [3.63, 3.8) is 0 Å². The number of nitrogens with zero attached hydrogens (tertiary/aromatic N) is 1. The van der Waals surface area contributed by atoms with Gasteiger partial charge in [0.15, 0.2) is 18.1 Å². The SMILES string of the molecule is FC(F)(F)COc1ccc(-c2ncco2)cc1OCC1CC1. The van der Waals surface area contributed by atoms with E-state index in [1.165, 1.54) is 18.5 Å². The maximum atomic E-state index is 12.3. The average Bonchev–Trinajstić information content (AvgIpc) is 3.14. The van der Waals surface area contributed by atoms with Gasteiger partial charge < -0.3 is 13.9 Å². The van der Waals surface area contributed by atoms with Crippen LogP contribution in [0.5, 0.6) is 11.5 Å². The van der Waals surface area contributed by atoms with E-state index in [1.54, 1.807) is 12.1 Å². The van der Waals surface area contributed by atoms with Crippen molar-refractivity contribution >= 4 is 0 Å². The Morgan fingerprint density at radius 2 is 2.00 bits per heavy atom. The Labute approximate surface area is 124 Å². The standard InChI is InChI=1S/C15H14F3NO3/c16-15(17,18)9-22-12-4-3-11(14-19-5-6-20-14)7-13(12)21-8-10-1-2-10/h3-7,10H,1-2,8-9H2. The Kier molecular flexibility index (Phi) is 3.96. The molecule has 118 valence electrons. The molecule has 1 fully saturated rings. The number of halogens is 3. The summed E-state index contributed by atoms with van der Waals surface area (Å²) in [5, 5.41) is 0. The fourth-order valence-corrected chi connectivity index (χ4v) is 1.89. The van der Waals surface area contributed by atoms with Crippen LogP contribution in [0.25, 0.3) is 11.5 Å². The molecule has 7 heteroatoms. The smallest absolute Gasteiger partial charge is 0.422 e. The largest absolute Gasteiger partial charge is 0.489 e. The number of benzene rings is 1. The summed E-state index contributed by atoms with van der Waals surface area (Å²) >= 11 is 0. The van der Waals surface area contributed by atoms with Crippen LogP contribution in [0.1, 0.15) is 12.8 Å². The summed E-state index contributed by atoms with van der Waals surface area (Å²) in [6.45, 7) is -0.886. The highest BCUT2D eigenvalue weighted by Gasteiger charge is 2.29. The zero-order valence-corrected chi connectivity index (χ0v) is 11.6. The molecule has 1 aliphatic rings. The molecule has 22 heavy (non-hydrogen) atoms. The number of alkyl halides is 3. The minimum Gasteiger partial charge on any atom is -0.489 e. The number of aromatic nitrogens is 1. The van der Waals surface area contributed by atoms with E-state index < -0.39 is 12.8 Å². The molecule has 0 N–H and O–H groups in total. The van der Waals surface area contributed by atoms with Crippen LogP contribution in [-0.4, -0.2) is 24.4 Å². The van der Waals surface area contributed by atoms with Crippen LogP contribution in [0, 0.1) is 5.92 Å². The van der Waals surface area contributed by atoms with E-state index >= 15 is 0 Å². The summed E-state index contributed by atoms with van der Waals surface area (Å²) in [6.07, 6.45) is 0.688. The minimum absolute atomic E-state index is 0.0632. The summed E-state index contributed by atoms with van der Waals surface area (Å²) < 4.78 is 52.5. The first-order chi connectivity index (χ1) is 10.5. The normalized spacial score (nSPS) is 14.9. The van der Waals surface area contributed by atoms with Gasteiger partial charge in [0.1, 0.15) is 6.26 Å². The maximum Gasteiger partial charge on any atom is 0.422 e. The molecule has 4 nitrogen and oxygen atoms in total. The quantitative estimate of drug-likeness (QED) is 0.806. The molecule has 1 aromatic carbocycles. The third kappa shape index (κ3) is 3.93. The van der Waals surface area contributed by atoms with E-state index in [4.69, 9.17) is 13.9 Å². The van der Waals surface area contributed by atoms with Gasteiger partial charge in [-0.1, -0.05) is 0 Å². The van der Waals surface area contributed by atoms with Crippen LogP contribution in [-0.2, 0) is 0 Å². The first-order valence-electron chi connectivity index (χ1n) is 6.87. The van der Waals surface area contributed by atoms with Crippen LogP contribution in [0.15, 0.2) is 35.1 Å². The molecule has 1 heterocycles. The van der Waals surface area contributed by atoms with Crippen molar-refractivity contribution in [1.82, 2.24) is 4.98 Å². The van der Waals surface area contributed by atoms with Gasteiger partial charge in [0, 0.05) is 5.56 Å². The molecule has 0 amide bonds. The van der Waals surface area contributed by atoms with Gasteiger partial charge in [0.25, 0.3) is 0 Å². The Morgan fingerprint density at radius 1 is 1.18 bits per heavy atom. The van der Waals surface area contributed by atoms with Gasteiger partial charge >= 0.3 is 6.18 Å². The van der Waals surface area contributed by atoms with E-state index in [2.05, 4.69) is 4.98 Å². The van der Waals surface area contributed by atoms with Crippen molar-refractivity contribution in [2.24, 2.45) is 5.92 Å². The molecule has 0 aliphatic heterocycles. The molecule has 1 aromatic heterocycles. The van der Waals surface area contributed by atoms with Crippen molar-refractivity contribution in [2.75, 3.05) is 13.2 Å². The van der Waals surface area contributed by atoms with Crippen LogP contribution in [0.3, 0.4) is 0 Å². The summed E-state index contributed by atoms with van der Waals surface area (Å²) in [5.41, 5.74) is 0.621. The lowest BCUT2D eigenvalue weighted by Gasteiger charge is -2.14. The van der Waals surface area contributed by atoms with Crippen molar-refractivity contribution in [3.05, 3.63) is 30.7 Å². The first kappa shape index (κ1) is 14.7. The number of hydrogen-bond donors (Lipinski definition) is 0. The highest BCUT2D eigenvalue weighted by Crippen LogP contribution is 2.36. The topological polar surface area (TPSA) is 44.5 Å².